The van der Waals surface area contributed by atoms with Crippen molar-refractivity contribution in [2.75, 3.05) is 20.0 Å². The van der Waals surface area contributed by atoms with E-state index < -0.39 is 0 Å². The SMILES string of the molecule is COC(CCC[C@@H](C)OC(=O)CSc1ccc(Cl)cc1)OC. The van der Waals surface area contributed by atoms with E-state index in [9.17, 15) is 4.79 Å². The van der Waals surface area contributed by atoms with Crippen LogP contribution in [-0.4, -0.2) is 38.3 Å². The van der Waals surface area contributed by atoms with Crippen molar-refractivity contribution in [1.29, 1.82) is 0 Å². The van der Waals surface area contributed by atoms with Crippen molar-refractivity contribution >= 4 is 29.3 Å². The topological polar surface area (TPSA) is 44.8 Å². The molecule has 6 heteroatoms. The first kappa shape index (κ1) is 19.3. The van der Waals surface area contributed by atoms with E-state index >= 15 is 0 Å². The molecule has 0 saturated heterocycles. The first-order chi connectivity index (χ1) is 10.5. The first-order valence-electron chi connectivity index (χ1n) is 7.18. The van der Waals surface area contributed by atoms with Crippen LogP contribution in [0.1, 0.15) is 26.2 Å². The average Bonchev–Trinajstić information content (AvgIpc) is 2.51. The number of halogens is 1. The summed E-state index contributed by atoms with van der Waals surface area (Å²) in [6.07, 6.45) is 2.16. The molecule has 1 rings (SSSR count). The van der Waals surface area contributed by atoms with Crippen LogP contribution in [0.25, 0.3) is 0 Å². The molecule has 0 aliphatic carbocycles. The number of esters is 1. The number of carbonyl (C=O) groups excluding carboxylic acids is 1. The van der Waals surface area contributed by atoms with Gasteiger partial charge in [0.05, 0.1) is 11.9 Å². The van der Waals surface area contributed by atoms with Crippen molar-refractivity contribution in [1.82, 2.24) is 0 Å². The number of methoxy groups -OCH3 is 2. The zero-order valence-corrected chi connectivity index (χ0v) is 14.8. The number of rotatable bonds is 10. The van der Waals surface area contributed by atoms with Gasteiger partial charge in [-0.2, -0.15) is 0 Å². The Morgan fingerprint density at radius 3 is 2.41 bits per heavy atom. The molecular formula is C16H23ClO4S. The maximum atomic E-state index is 11.8. The minimum atomic E-state index is -0.206. The van der Waals surface area contributed by atoms with E-state index in [1.165, 1.54) is 11.8 Å². The molecule has 1 atom stereocenters. The molecule has 0 N–H and O–H groups in total. The fraction of sp³-hybridized carbons (Fsp3) is 0.562. The highest BCUT2D eigenvalue weighted by molar-refractivity contribution is 8.00. The van der Waals surface area contributed by atoms with Gasteiger partial charge in [-0.05, 0) is 50.5 Å². The maximum absolute atomic E-state index is 11.8. The molecule has 0 radical (unpaired) electrons. The zero-order valence-electron chi connectivity index (χ0n) is 13.2. The monoisotopic (exact) mass is 346 g/mol. The maximum Gasteiger partial charge on any atom is 0.316 e. The molecule has 0 unspecified atom stereocenters. The molecule has 0 aromatic heterocycles. The molecule has 0 aliphatic rings. The van der Waals surface area contributed by atoms with Crippen LogP contribution in [0.5, 0.6) is 0 Å². The lowest BCUT2D eigenvalue weighted by Crippen LogP contribution is -2.18. The van der Waals surface area contributed by atoms with Gasteiger partial charge in [0.2, 0.25) is 0 Å². The second-order valence-electron chi connectivity index (χ2n) is 4.87. The molecule has 1 aromatic carbocycles. The molecule has 0 spiro atoms. The number of hydrogen-bond donors (Lipinski definition) is 0. The van der Waals surface area contributed by atoms with E-state index in [1.807, 2.05) is 19.1 Å². The van der Waals surface area contributed by atoms with Gasteiger partial charge >= 0.3 is 5.97 Å². The van der Waals surface area contributed by atoms with Gasteiger partial charge in [0.25, 0.3) is 0 Å². The molecule has 0 bridgehead atoms. The fourth-order valence-corrected chi connectivity index (χ4v) is 2.70. The molecule has 124 valence electrons. The Labute approximate surface area is 141 Å². The number of carbonyl (C=O) groups is 1. The van der Waals surface area contributed by atoms with Crippen LogP contribution in [0.4, 0.5) is 0 Å². The van der Waals surface area contributed by atoms with Crippen LogP contribution < -0.4 is 0 Å². The molecular weight excluding hydrogens is 324 g/mol. The van der Waals surface area contributed by atoms with Gasteiger partial charge in [0, 0.05) is 24.1 Å². The van der Waals surface area contributed by atoms with Crippen LogP contribution in [0.2, 0.25) is 5.02 Å². The third-order valence-corrected chi connectivity index (χ3v) is 4.32. The van der Waals surface area contributed by atoms with Gasteiger partial charge in [-0.25, -0.2) is 0 Å². The van der Waals surface area contributed by atoms with Crippen molar-refractivity contribution in [3.63, 3.8) is 0 Å². The van der Waals surface area contributed by atoms with E-state index in [1.54, 1.807) is 26.4 Å². The van der Waals surface area contributed by atoms with Gasteiger partial charge in [-0.3, -0.25) is 4.79 Å². The Bertz CT molecular complexity index is 434. The molecule has 22 heavy (non-hydrogen) atoms. The second kappa shape index (κ2) is 10.9. The number of thioether (sulfide) groups is 1. The molecule has 0 heterocycles. The summed E-state index contributed by atoms with van der Waals surface area (Å²) in [6.45, 7) is 1.90. The molecule has 0 amide bonds. The summed E-state index contributed by atoms with van der Waals surface area (Å²) in [5, 5.41) is 0.686. The molecule has 0 saturated carbocycles. The van der Waals surface area contributed by atoms with Gasteiger partial charge in [-0.15, -0.1) is 11.8 Å². The molecule has 0 fully saturated rings. The molecule has 4 nitrogen and oxygen atoms in total. The Morgan fingerprint density at radius 2 is 1.82 bits per heavy atom. The quantitative estimate of drug-likeness (QED) is 0.362. The van der Waals surface area contributed by atoms with E-state index in [4.69, 9.17) is 25.8 Å². The molecule has 0 aliphatic heterocycles. The molecule has 1 aromatic rings. The summed E-state index contributed by atoms with van der Waals surface area (Å²) in [5.41, 5.74) is 0. The standard InChI is InChI=1S/C16H23ClO4S/c1-12(5-4-6-16(19-2)20-3)21-15(18)11-22-14-9-7-13(17)8-10-14/h7-10,12,16H,4-6,11H2,1-3H3/t12-/m1/s1. The Hall–Kier alpha value is -0.750. The van der Waals surface area contributed by atoms with Gasteiger partial charge in [-0.1, -0.05) is 11.6 Å². The Kier molecular flexibility index (Phi) is 9.55. The summed E-state index contributed by atoms with van der Waals surface area (Å²) in [6, 6.07) is 7.39. The summed E-state index contributed by atoms with van der Waals surface area (Å²) in [7, 11) is 3.23. The van der Waals surface area contributed by atoms with Crippen molar-refractivity contribution in [3.05, 3.63) is 29.3 Å². The van der Waals surface area contributed by atoms with Crippen molar-refractivity contribution in [2.45, 2.75) is 43.5 Å². The number of ether oxygens (including phenoxy) is 3. The van der Waals surface area contributed by atoms with Gasteiger partial charge < -0.3 is 14.2 Å². The van der Waals surface area contributed by atoms with Crippen LogP contribution in [0.15, 0.2) is 29.2 Å². The van der Waals surface area contributed by atoms with Gasteiger partial charge in [0.15, 0.2) is 6.29 Å². The van der Waals surface area contributed by atoms with E-state index in [0.717, 1.165) is 24.2 Å². The normalized spacial score (nSPS) is 12.4. The minimum Gasteiger partial charge on any atom is -0.462 e. The summed E-state index contributed by atoms with van der Waals surface area (Å²) < 4.78 is 15.6. The van der Waals surface area contributed by atoms with Crippen molar-refractivity contribution in [2.24, 2.45) is 0 Å². The van der Waals surface area contributed by atoms with Crippen LogP contribution in [-0.2, 0) is 19.0 Å². The van der Waals surface area contributed by atoms with Crippen LogP contribution in [0, 0.1) is 0 Å². The van der Waals surface area contributed by atoms with E-state index in [2.05, 4.69) is 0 Å². The van der Waals surface area contributed by atoms with Crippen LogP contribution in [0.3, 0.4) is 0 Å². The zero-order chi connectivity index (χ0) is 16.4. The van der Waals surface area contributed by atoms with Crippen molar-refractivity contribution < 1.29 is 19.0 Å². The first-order valence-corrected chi connectivity index (χ1v) is 8.55. The highest BCUT2D eigenvalue weighted by Crippen LogP contribution is 2.20. The van der Waals surface area contributed by atoms with Crippen molar-refractivity contribution in [3.8, 4) is 0 Å². The third-order valence-electron chi connectivity index (χ3n) is 3.08. The van der Waals surface area contributed by atoms with E-state index in [-0.39, 0.29) is 18.4 Å². The Balaban J connectivity index is 2.19. The highest BCUT2D eigenvalue weighted by Gasteiger charge is 2.12. The second-order valence-corrected chi connectivity index (χ2v) is 6.36. The highest BCUT2D eigenvalue weighted by atomic mass is 35.5. The minimum absolute atomic E-state index is 0.104. The lowest BCUT2D eigenvalue weighted by molar-refractivity contribution is -0.145. The fourth-order valence-electron chi connectivity index (χ4n) is 1.89. The number of benzene rings is 1. The summed E-state index contributed by atoms with van der Waals surface area (Å²) in [4.78, 5) is 12.8. The smallest absolute Gasteiger partial charge is 0.316 e. The summed E-state index contributed by atoms with van der Waals surface area (Å²) in [5.74, 6) is 0.0903. The summed E-state index contributed by atoms with van der Waals surface area (Å²) >= 11 is 7.26. The third kappa shape index (κ3) is 8.03. The van der Waals surface area contributed by atoms with Gasteiger partial charge in [0.1, 0.15) is 0 Å². The van der Waals surface area contributed by atoms with E-state index in [0.29, 0.717) is 10.8 Å². The lowest BCUT2D eigenvalue weighted by atomic mass is 10.1. The predicted molar refractivity (Wildman–Crippen MR) is 89.4 cm³/mol. The predicted octanol–water partition coefficient (Wildman–Crippen LogP) is 4.15. The largest absolute Gasteiger partial charge is 0.462 e. The lowest BCUT2D eigenvalue weighted by Gasteiger charge is -2.16. The number of hydrogen-bond acceptors (Lipinski definition) is 5. The Morgan fingerprint density at radius 1 is 1.18 bits per heavy atom. The average molecular weight is 347 g/mol. The van der Waals surface area contributed by atoms with Crippen LogP contribution >= 0.6 is 23.4 Å².